The van der Waals surface area contributed by atoms with Crippen molar-refractivity contribution < 1.29 is 44.6 Å². The smallest absolute Gasteiger partial charge is 0.396 e. The average molecular weight is 472 g/mol. The highest BCUT2D eigenvalue weighted by atomic mass is 127. The fourth-order valence-electron chi connectivity index (χ4n) is 1.51. The van der Waals surface area contributed by atoms with Gasteiger partial charge in [-0.25, -0.2) is 0 Å². The number of allylic oxidation sites excluding steroid dienone is 2. The first-order valence-corrected chi connectivity index (χ1v) is 7.47. The number of hydrogen-bond acceptors (Lipinski definition) is 1. The summed E-state index contributed by atoms with van der Waals surface area (Å²) in [6.07, 6.45) is -5.84. The van der Waals surface area contributed by atoms with Crippen LogP contribution < -0.4 is 0 Å². The van der Waals surface area contributed by atoms with E-state index in [0.717, 1.165) is 0 Å². The number of alkyl halides is 9. The summed E-state index contributed by atoms with van der Waals surface area (Å²) in [5.41, 5.74) is 0. The van der Waals surface area contributed by atoms with E-state index in [-0.39, 0.29) is 19.4 Å². The second-order valence-corrected chi connectivity index (χ2v) is 6.13. The molecular weight excluding hydrogens is 458 g/mol. The predicted molar refractivity (Wildman–Crippen MR) is 73.2 cm³/mol. The summed E-state index contributed by atoms with van der Waals surface area (Å²) in [5, 5.41) is 8.50. The molecule has 1 nitrogen and oxygen atoms in total. The van der Waals surface area contributed by atoms with Crippen molar-refractivity contribution in [3.63, 3.8) is 0 Å². The summed E-state index contributed by atoms with van der Waals surface area (Å²) in [7, 11) is 0. The van der Waals surface area contributed by atoms with Gasteiger partial charge in [-0.3, -0.25) is 0 Å². The molecule has 0 spiro atoms. The molecule has 0 aliphatic rings. The fourth-order valence-corrected chi connectivity index (χ4v) is 2.28. The molecule has 0 aliphatic carbocycles. The largest absolute Gasteiger partial charge is 0.460 e. The highest BCUT2D eigenvalue weighted by molar-refractivity contribution is 14.1. The second kappa shape index (κ2) is 8.26. The Morgan fingerprint density at radius 2 is 1.26 bits per heavy atom. The lowest BCUT2D eigenvalue weighted by molar-refractivity contribution is -0.388. The molecule has 0 heterocycles. The molecule has 0 rings (SSSR count). The molecule has 1 N–H and O–H groups in total. The minimum Gasteiger partial charge on any atom is -0.396 e. The normalized spacial score (nSPS) is 15.2. The number of aliphatic hydroxyl groups excluding tert-OH is 1. The van der Waals surface area contributed by atoms with Crippen LogP contribution in [0, 0.1) is 0 Å². The molecule has 0 unspecified atom stereocenters. The Labute approximate surface area is 140 Å². The molecule has 0 atom stereocenters. The van der Waals surface area contributed by atoms with Crippen LogP contribution in [0.25, 0.3) is 0 Å². The Morgan fingerprint density at radius 1 is 0.783 bits per heavy atom. The van der Waals surface area contributed by atoms with E-state index in [1.54, 1.807) is 0 Å². The number of halogens is 10. The highest BCUT2D eigenvalue weighted by Crippen LogP contribution is 2.53. The van der Waals surface area contributed by atoms with Gasteiger partial charge in [0.15, 0.2) is 0 Å². The lowest BCUT2D eigenvalue weighted by atomic mass is 10.0. The van der Waals surface area contributed by atoms with Crippen molar-refractivity contribution in [3.8, 4) is 0 Å². The van der Waals surface area contributed by atoms with E-state index in [9.17, 15) is 39.5 Å². The molecule has 11 heteroatoms. The zero-order valence-corrected chi connectivity index (χ0v) is 13.7. The first-order chi connectivity index (χ1) is 10.2. The van der Waals surface area contributed by atoms with Crippen molar-refractivity contribution in [3.05, 3.63) is 9.66 Å². The molecule has 23 heavy (non-hydrogen) atoms. The van der Waals surface area contributed by atoms with Crippen LogP contribution in [-0.4, -0.2) is 35.7 Å². The van der Waals surface area contributed by atoms with E-state index < -0.39 is 33.6 Å². The third kappa shape index (κ3) is 5.68. The molecule has 0 aromatic carbocycles. The van der Waals surface area contributed by atoms with Crippen molar-refractivity contribution in [2.24, 2.45) is 0 Å². The Bertz CT molecular complexity index is 404. The van der Waals surface area contributed by atoms with E-state index in [0.29, 0.717) is 19.3 Å². The third-order valence-corrected chi connectivity index (χ3v) is 3.68. The summed E-state index contributed by atoms with van der Waals surface area (Å²) in [4.78, 5) is 0. The van der Waals surface area contributed by atoms with Gasteiger partial charge in [-0.2, -0.15) is 39.5 Å². The van der Waals surface area contributed by atoms with Crippen LogP contribution in [-0.2, 0) is 0 Å². The Morgan fingerprint density at radius 3 is 1.70 bits per heavy atom. The van der Waals surface area contributed by atoms with Gasteiger partial charge in [0.25, 0.3) is 0 Å². The number of rotatable bonds is 9. The number of hydrogen-bond donors (Lipinski definition) is 1. The molecule has 0 radical (unpaired) electrons. The van der Waals surface area contributed by atoms with Crippen LogP contribution in [0.15, 0.2) is 9.66 Å². The van der Waals surface area contributed by atoms with Crippen LogP contribution in [0.5, 0.6) is 0 Å². The molecule has 0 amide bonds. The van der Waals surface area contributed by atoms with Crippen LogP contribution in [0.4, 0.5) is 39.5 Å². The van der Waals surface area contributed by atoms with Gasteiger partial charge in [-0.15, -0.1) is 0 Å². The maximum atomic E-state index is 13.3. The summed E-state index contributed by atoms with van der Waals surface area (Å²) >= 11 is 1.19. The van der Waals surface area contributed by atoms with Gasteiger partial charge in [0.2, 0.25) is 0 Å². The second-order valence-electron chi connectivity index (χ2n) is 4.75. The zero-order chi connectivity index (χ0) is 18.5. The van der Waals surface area contributed by atoms with Crippen molar-refractivity contribution in [2.75, 3.05) is 6.61 Å². The maximum Gasteiger partial charge on any atom is 0.460 e. The molecular formula is C12H14F9IO. The van der Waals surface area contributed by atoms with Gasteiger partial charge >= 0.3 is 23.9 Å². The summed E-state index contributed by atoms with van der Waals surface area (Å²) in [6, 6.07) is 0. The molecule has 138 valence electrons. The summed E-state index contributed by atoms with van der Waals surface area (Å²) < 4.78 is 113. The number of unbranched alkanes of at least 4 members (excludes halogenated alkanes) is 3. The first-order valence-electron chi connectivity index (χ1n) is 6.39. The monoisotopic (exact) mass is 472 g/mol. The zero-order valence-electron chi connectivity index (χ0n) is 11.5. The number of aliphatic hydroxyl groups is 1. The maximum absolute atomic E-state index is 13.3. The Kier molecular flexibility index (Phi) is 8.18. The van der Waals surface area contributed by atoms with Crippen LogP contribution in [0.2, 0.25) is 0 Å². The van der Waals surface area contributed by atoms with Crippen LogP contribution >= 0.6 is 22.6 Å². The van der Waals surface area contributed by atoms with E-state index >= 15 is 0 Å². The predicted octanol–water partition coefficient (Wildman–Crippen LogP) is 5.72. The van der Waals surface area contributed by atoms with E-state index in [1.807, 2.05) is 0 Å². The Balaban J connectivity index is 5.05. The molecule has 0 bridgehead atoms. The standard InChI is InChI=1S/C12H14F9IO/c13-9(14,7-8(22)5-3-1-2-4-6-23)10(15,16)11(17,18)12(19,20)21/h7,23H,1-6H2. The lowest BCUT2D eigenvalue weighted by Gasteiger charge is -2.32. The van der Waals surface area contributed by atoms with Crippen LogP contribution in [0.3, 0.4) is 0 Å². The van der Waals surface area contributed by atoms with Crippen molar-refractivity contribution in [1.82, 2.24) is 0 Å². The lowest BCUT2D eigenvalue weighted by Crippen LogP contribution is -2.60. The third-order valence-electron chi connectivity index (χ3n) is 2.83. The van der Waals surface area contributed by atoms with E-state index in [2.05, 4.69) is 0 Å². The Hall–Kier alpha value is -0.200. The van der Waals surface area contributed by atoms with E-state index in [1.165, 1.54) is 22.6 Å². The average Bonchev–Trinajstić information content (AvgIpc) is 2.36. The molecule has 0 fully saturated rings. The van der Waals surface area contributed by atoms with Crippen LogP contribution in [0.1, 0.15) is 32.1 Å². The minimum absolute atomic E-state index is 0.0796. The molecule has 0 aliphatic heterocycles. The fraction of sp³-hybridized carbons (Fsp3) is 0.833. The SMILES string of the molecule is OCCCCCCC(I)=CC(F)(F)C(F)(F)C(F)(F)C(F)(F)F. The quantitative estimate of drug-likeness (QED) is 0.259. The van der Waals surface area contributed by atoms with E-state index in [4.69, 9.17) is 5.11 Å². The highest BCUT2D eigenvalue weighted by Gasteiger charge is 2.81. The summed E-state index contributed by atoms with van der Waals surface area (Å²) in [6.45, 7) is -0.0796. The van der Waals surface area contributed by atoms with Crippen molar-refractivity contribution in [2.45, 2.75) is 56.0 Å². The van der Waals surface area contributed by atoms with Gasteiger partial charge in [-0.05, 0) is 45.4 Å². The van der Waals surface area contributed by atoms with Gasteiger partial charge in [0.05, 0.1) is 0 Å². The van der Waals surface area contributed by atoms with Gasteiger partial charge in [0, 0.05) is 12.7 Å². The van der Waals surface area contributed by atoms with Crippen molar-refractivity contribution >= 4 is 22.6 Å². The van der Waals surface area contributed by atoms with Gasteiger partial charge in [-0.1, -0.05) is 12.8 Å². The topological polar surface area (TPSA) is 20.2 Å². The molecule has 0 aromatic heterocycles. The van der Waals surface area contributed by atoms with Crippen molar-refractivity contribution in [1.29, 1.82) is 0 Å². The molecule has 0 saturated heterocycles. The molecule has 0 aromatic rings. The van der Waals surface area contributed by atoms with Gasteiger partial charge in [0.1, 0.15) is 0 Å². The van der Waals surface area contributed by atoms with Gasteiger partial charge < -0.3 is 5.11 Å². The first kappa shape index (κ1) is 22.8. The minimum atomic E-state index is -6.86. The summed E-state index contributed by atoms with van der Waals surface area (Å²) in [5.74, 6) is -19.1. The molecule has 0 saturated carbocycles.